The highest BCUT2D eigenvalue weighted by Gasteiger charge is 2.39. The topological polar surface area (TPSA) is 40.5 Å². The van der Waals surface area contributed by atoms with Crippen molar-refractivity contribution in [3.63, 3.8) is 0 Å². The molecule has 3 aliphatic carbocycles. The van der Waals surface area contributed by atoms with Gasteiger partial charge in [-0.15, -0.1) is 0 Å². The van der Waals surface area contributed by atoms with Gasteiger partial charge in [0.2, 0.25) is 0 Å². The van der Waals surface area contributed by atoms with Crippen molar-refractivity contribution in [3.8, 4) is 11.5 Å². The van der Waals surface area contributed by atoms with Crippen LogP contribution in [0.3, 0.4) is 0 Å². The van der Waals surface area contributed by atoms with Gasteiger partial charge in [-0.2, -0.15) is 0 Å². The summed E-state index contributed by atoms with van der Waals surface area (Å²) in [6, 6.07) is 3.59. The zero-order valence-electron chi connectivity index (χ0n) is 11.8. The van der Waals surface area contributed by atoms with Gasteiger partial charge in [0.25, 0.3) is 0 Å². The Morgan fingerprint density at radius 1 is 1.00 bits per heavy atom. The van der Waals surface area contributed by atoms with Crippen LogP contribution in [0.15, 0.2) is 29.9 Å². The number of hydrogen-bond donors (Lipinski definition) is 2. The molecule has 0 amide bonds. The van der Waals surface area contributed by atoms with Crippen LogP contribution >= 0.6 is 0 Å². The highest BCUT2D eigenvalue weighted by atomic mass is 16.3. The molecule has 0 bridgehead atoms. The fraction of sp³-hybridized carbons (Fsp3) is 0.444. The molecule has 1 saturated carbocycles. The molecule has 4 rings (SSSR count). The lowest BCUT2D eigenvalue weighted by atomic mass is 9.68. The first-order valence-electron chi connectivity index (χ1n) is 7.62. The molecular weight excluding hydrogens is 248 g/mol. The lowest BCUT2D eigenvalue weighted by Gasteiger charge is -2.36. The Kier molecular flexibility index (Phi) is 2.50. The molecule has 3 aliphatic rings. The lowest BCUT2D eigenvalue weighted by Crippen LogP contribution is -2.23. The Morgan fingerprint density at radius 2 is 1.85 bits per heavy atom. The molecule has 20 heavy (non-hydrogen) atoms. The van der Waals surface area contributed by atoms with E-state index >= 15 is 0 Å². The molecule has 2 nitrogen and oxygen atoms in total. The normalized spacial score (nSPS) is 30.9. The molecule has 2 N–H and O–H groups in total. The number of phenolic OH excluding ortho intramolecular Hbond substituents is 2. The number of allylic oxidation sites excluding steroid dienone is 4. The van der Waals surface area contributed by atoms with Crippen molar-refractivity contribution in [2.24, 2.45) is 17.8 Å². The van der Waals surface area contributed by atoms with E-state index in [2.05, 4.69) is 19.1 Å². The fourth-order valence-corrected chi connectivity index (χ4v) is 4.47. The molecule has 0 aromatic heterocycles. The van der Waals surface area contributed by atoms with Crippen LogP contribution < -0.4 is 0 Å². The first-order chi connectivity index (χ1) is 9.66. The minimum absolute atomic E-state index is 0.00401. The Bertz CT molecular complexity index is 639. The van der Waals surface area contributed by atoms with E-state index < -0.39 is 0 Å². The molecule has 104 valence electrons. The molecule has 0 saturated heterocycles. The zero-order valence-corrected chi connectivity index (χ0v) is 11.8. The Hall–Kier alpha value is -1.70. The van der Waals surface area contributed by atoms with Crippen LogP contribution in [0.2, 0.25) is 0 Å². The molecule has 1 fully saturated rings. The first-order valence-corrected chi connectivity index (χ1v) is 7.62. The smallest absolute Gasteiger partial charge is 0.161 e. The third kappa shape index (κ3) is 1.51. The molecular formula is C18H20O2. The van der Waals surface area contributed by atoms with Gasteiger partial charge < -0.3 is 10.2 Å². The van der Waals surface area contributed by atoms with Gasteiger partial charge in [-0.05, 0) is 60.6 Å². The lowest BCUT2D eigenvalue weighted by molar-refractivity contribution is 0.388. The molecule has 0 aliphatic heterocycles. The second-order valence-electron chi connectivity index (χ2n) is 6.48. The van der Waals surface area contributed by atoms with E-state index in [1.54, 1.807) is 11.6 Å². The fourth-order valence-electron chi connectivity index (χ4n) is 4.47. The average molecular weight is 268 g/mol. The van der Waals surface area contributed by atoms with Gasteiger partial charge in [0.1, 0.15) is 0 Å². The van der Waals surface area contributed by atoms with E-state index in [1.807, 2.05) is 6.07 Å². The maximum atomic E-state index is 10.1. The second kappa shape index (κ2) is 4.15. The highest BCUT2D eigenvalue weighted by Crippen LogP contribution is 2.53. The van der Waals surface area contributed by atoms with Crippen LogP contribution in [0, 0.1) is 17.8 Å². The van der Waals surface area contributed by atoms with Gasteiger partial charge in [-0.3, -0.25) is 0 Å². The van der Waals surface area contributed by atoms with Gasteiger partial charge in [-0.25, -0.2) is 0 Å². The predicted molar refractivity (Wildman–Crippen MR) is 79.5 cm³/mol. The summed E-state index contributed by atoms with van der Waals surface area (Å²) < 4.78 is 0. The van der Waals surface area contributed by atoms with Gasteiger partial charge in [0.15, 0.2) is 11.5 Å². The van der Waals surface area contributed by atoms with Gasteiger partial charge in [0, 0.05) is 5.56 Å². The maximum absolute atomic E-state index is 10.1. The van der Waals surface area contributed by atoms with Gasteiger partial charge in [0.05, 0.1) is 0 Å². The summed E-state index contributed by atoms with van der Waals surface area (Å²) in [4.78, 5) is 0. The Balaban J connectivity index is 1.84. The number of benzene rings is 1. The summed E-state index contributed by atoms with van der Waals surface area (Å²) in [5.41, 5.74) is 5.07. The van der Waals surface area contributed by atoms with E-state index in [-0.39, 0.29) is 11.5 Å². The number of aromatic hydroxyl groups is 2. The summed E-state index contributed by atoms with van der Waals surface area (Å²) in [5.74, 6) is 2.12. The molecule has 3 atom stereocenters. The second-order valence-corrected chi connectivity index (χ2v) is 6.48. The third-order valence-electron chi connectivity index (χ3n) is 5.53. The quantitative estimate of drug-likeness (QED) is 0.697. The molecule has 0 heterocycles. The summed E-state index contributed by atoms with van der Waals surface area (Å²) in [6.45, 7) is 2.34. The molecule has 3 unspecified atom stereocenters. The molecule has 2 heteroatoms. The average Bonchev–Trinajstić information content (AvgIpc) is 2.84. The van der Waals surface area contributed by atoms with E-state index in [1.165, 1.54) is 18.4 Å². The standard InChI is InChI=1S/C18H20O2/c1-10-2-3-12-11(10)4-5-14-13(12)6-7-16-15(14)8-9-17(19)18(16)20/h4-5,8-10,12-13,19-20H,2-3,6-7H2,1H3. The minimum Gasteiger partial charge on any atom is -0.504 e. The zero-order chi connectivity index (χ0) is 13.9. The third-order valence-corrected chi connectivity index (χ3v) is 5.53. The maximum Gasteiger partial charge on any atom is 0.161 e. The van der Waals surface area contributed by atoms with Crippen molar-refractivity contribution in [3.05, 3.63) is 41.0 Å². The first kappa shape index (κ1) is 12.1. The van der Waals surface area contributed by atoms with E-state index in [0.29, 0.717) is 11.8 Å². The van der Waals surface area contributed by atoms with Gasteiger partial charge >= 0.3 is 0 Å². The largest absolute Gasteiger partial charge is 0.504 e. The van der Waals surface area contributed by atoms with Crippen LogP contribution in [0.4, 0.5) is 0 Å². The van der Waals surface area contributed by atoms with Crippen molar-refractivity contribution in [2.45, 2.75) is 32.6 Å². The van der Waals surface area contributed by atoms with Crippen LogP contribution in [-0.2, 0) is 6.42 Å². The van der Waals surface area contributed by atoms with Crippen LogP contribution in [0.1, 0.15) is 37.3 Å². The van der Waals surface area contributed by atoms with Crippen molar-refractivity contribution >= 4 is 5.57 Å². The van der Waals surface area contributed by atoms with Crippen molar-refractivity contribution in [2.75, 3.05) is 0 Å². The SMILES string of the molecule is CC1CCC2C1=CC=C1c3ccc(O)c(O)c3CCC12. The van der Waals surface area contributed by atoms with E-state index in [9.17, 15) is 10.2 Å². The van der Waals surface area contributed by atoms with Crippen molar-refractivity contribution < 1.29 is 10.2 Å². The van der Waals surface area contributed by atoms with Crippen molar-refractivity contribution in [1.82, 2.24) is 0 Å². The summed E-state index contributed by atoms with van der Waals surface area (Å²) >= 11 is 0. The monoisotopic (exact) mass is 268 g/mol. The number of hydrogen-bond acceptors (Lipinski definition) is 2. The summed E-state index contributed by atoms with van der Waals surface area (Å²) in [5, 5.41) is 19.7. The van der Waals surface area contributed by atoms with Crippen LogP contribution in [-0.4, -0.2) is 10.2 Å². The van der Waals surface area contributed by atoms with E-state index in [0.717, 1.165) is 29.9 Å². The number of rotatable bonds is 0. The predicted octanol–water partition coefficient (Wildman–Crippen LogP) is 4.03. The molecule has 0 spiro atoms. The minimum atomic E-state index is 0.00401. The van der Waals surface area contributed by atoms with Crippen molar-refractivity contribution in [1.29, 1.82) is 0 Å². The number of fused-ring (bicyclic) bond motifs is 5. The van der Waals surface area contributed by atoms with Crippen LogP contribution in [0.25, 0.3) is 5.57 Å². The van der Waals surface area contributed by atoms with Gasteiger partial charge in [-0.1, -0.05) is 30.7 Å². The van der Waals surface area contributed by atoms with E-state index in [4.69, 9.17) is 0 Å². The highest BCUT2D eigenvalue weighted by molar-refractivity contribution is 5.77. The summed E-state index contributed by atoms with van der Waals surface area (Å²) in [7, 11) is 0. The Labute approximate surface area is 119 Å². The molecule has 1 aromatic carbocycles. The molecule has 1 aromatic rings. The Morgan fingerprint density at radius 3 is 2.70 bits per heavy atom. The molecule has 0 radical (unpaired) electrons. The summed E-state index contributed by atoms with van der Waals surface area (Å²) in [6.07, 6.45) is 9.14. The number of phenols is 2. The van der Waals surface area contributed by atoms with Crippen LogP contribution in [0.5, 0.6) is 11.5 Å².